The second kappa shape index (κ2) is 15.3. The van der Waals surface area contributed by atoms with Gasteiger partial charge in [-0.15, -0.1) is 0 Å². The molecule has 1 heteroatoms. The van der Waals surface area contributed by atoms with Crippen LogP contribution in [0, 0.1) is 0 Å². The third-order valence-corrected chi connectivity index (χ3v) is 13.8. The molecule has 0 N–H and O–H groups in total. The molecule has 13 rings (SSSR count). The van der Waals surface area contributed by atoms with Crippen molar-refractivity contribution in [1.29, 1.82) is 0 Å². The van der Waals surface area contributed by atoms with Crippen LogP contribution in [-0.4, -0.2) is 4.98 Å². The van der Waals surface area contributed by atoms with Gasteiger partial charge in [0.15, 0.2) is 0 Å². The maximum atomic E-state index is 5.01. The molecular weight excluding hydrogens is 795 g/mol. The van der Waals surface area contributed by atoms with Gasteiger partial charge in [-0.1, -0.05) is 201 Å². The van der Waals surface area contributed by atoms with Crippen molar-refractivity contribution < 1.29 is 0 Å². The van der Waals surface area contributed by atoms with Gasteiger partial charge in [0.1, 0.15) is 0 Å². The van der Waals surface area contributed by atoms with Gasteiger partial charge in [-0.25, -0.2) is 4.98 Å². The fourth-order valence-corrected chi connectivity index (χ4v) is 10.5. The Morgan fingerprint density at radius 1 is 0.318 bits per heavy atom. The lowest BCUT2D eigenvalue weighted by Gasteiger charge is -2.17. The Hall–Kier alpha value is -8.65. The Labute approximate surface area is 382 Å². The van der Waals surface area contributed by atoms with Crippen molar-refractivity contribution in [3.8, 4) is 22.4 Å². The van der Waals surface area contributed by atoms with Gasteiger partial charge in [0.25, 0.3) is 0 Å². The molecule has 0 aliphatic carbocycles. The fourth-order valence-electron chi connectivity index (χ4n) is 10.5. The Morgan fingerprint density at radius 2 is 0.758 bits per heavy atom. The number of pyridine rings is 1. The highest BCUT2D eigenvalue weighted by Crippen LogP contribution is 2.42. The second-order valence-corrected chi connectivity index (χ2v) is 17.5. The van der Waals surface area contributed by atoms with Gasteiger partial charge in [-0.3, -0.25) is 0 Å². The summed E-state index contributed by atoms with van der Waals surface area (Å²) in [5.41, 5.74) is 10.8. The van der Waals surface area contributed by atoms with Gasteiger partial charge >= 0.3 is 0 Å². The van der Waals surface area contributed by atoms with Crippen molar-refractivity contribution in [1.82, 2.24) is 4.98 Å². The molecule has 66 heavy (non-hydrogen) atoms. The summed E-state index contributed by atoms with van der Waals surface area (Å²) in [5.74, 6) is 0. The lowest BCUT2D eigenvalue weighted by atomic mass is 9.86. The van der Waals surface area contributed by atoms with E-state index >= 15 is 0 Å². The standard InChI is InChI=1S/C65H41N/c1-41(45-30-33-58-54-21-7-5-17-50(54)52-19-9-11-23-56(52)62(58)38-45)36-60(47-31-34-59-55-22-8-6-18-51(55)53-20-10-12-24-57(53)63(59)39-47)48-37-46-15-2-4-16-49(46)61(40-48)42-26-28-44(29-27-42)65-35-32-43-14-3-13-25-64(43)66-65/h2-40H,1H2/b60-36-. The predicted octanol–water partition coefficient (Wildman–Crippen LogP) is 17.8. The molecule has 1 aromatic heterocycles. The molecule has 1 heterocycles. The minimum Gasteiger partial charge on any atom is -0.248 e. The van der Waals surface area contributed by atoms with Crippen LogP contribution < -0.4 is 0 Å². The minimum atomic E-state index is 0.953. The van der Waals surface area contributed by atoms with Crippen molar-refractivity contribution in [3.05, 3.63) is 260 Å². The number of rotatable bonds is 6. The summed E-state index contributed by atoms with van der Waals surface area (Å²) in [5, 5.41) is 18.6. The average Bonchev–Trinajstić information content (AvgIpc) is 3.39. The van der Waals surface area contributed by atoms with E-state index in [1.807, 2.05) is 6.07 Å². The molecule has 0 saturated heterocycles. The van der Waals surface area contributed by atoms with Crippen molar-refractivity contribution in [2.24, 2.45) is 0 Å². The zero-order chi connectivity index (χ0) is 43.7. The molecule has 0 unspecified atom stereocenters. The zero-order valence-electron chi connectivity index (χ0n) is 36.2. The lowest BCUT2D eigenvalue weighted by Crippen LogP contribution is -1.94. The number of para-hydroxylation sites is 1. The summed E-state index contributed by atoms with van der Waals surface area (Å²) in [6, 6.07) is 84.1. The smallest absolute Gasteiger partial charge is 0.0709 e. The largest absolute Gasteiger partial charge is 0.248 e. The molecule has 0 fully saturated rings. The van der Waals surface area contributed by atoms with Crippen LogP contribution in [0.4, 0.5) is 0 Å². The fraction of sp³-hybridized carbons (Fsp3) is 0. The molecule has 306 valence electrons. The number of aromatic nitrogens is 1. The number of hydrogen-bond donors (Lipinski definition) is 0. The summed E-state index contributed by atoms with van der Waals surface area (Å²) in [6.07, 6.45) is 2.32. The van der Waals surface area contributed by atoms with E-state index in [9.17, 15) is 0 Å². The molecule has 0 radical (unpaired) electrons. The molecule has 0 aliphatic heterocycles. The van der Waals surface area contributed by atoms with Crippen LogP contribution in [0.5, 0.6) is 0 Å². The van der Waals surface area contributed by atoms with Crippen molar-refractivity contribution >= 4 is 97.5 Å². The Balaban J connectivity index is 1.02. The van der Waals surface area contributed by atoms with Gasteiger partial charge in [0.05, 0.1) is 11.2 Å². The average molecular weight is 836 g/mol. The third-order valence-electron chi connectivity index (χ3n) is 13.8. The summed E-state index contributed by atoms with van der Waals surface area (Å²) < 4.78 is 0. The molecule has 0 spiro atoms. The van der Waals surface area contributed by atoms with Crippen LogP contribution in [0.1, 0.15) is 16.7 Å². The highest BCUT2D eigenvalue weighted by atomic mass is 14.7. The molecule has 0 bridgehead atoms. The molecule has 1 nitrogen and oxygen atoms in total. The van der Waals surface area contributed by atoms with Crippen LogP contribution in [0.15, 0.2) is 243 Å². The van der Waals surface area contributed by atoms with E-state index in [-0.39, 0.29) is 0 Å². The highest BCUT2D eigenvalue weighted by Gasteiger charge is 2.17. The first kappa shape index (κ1) is 37.9. The number of benzene rings is 12. The maximum Gasteiger partial charge on any atom is 0.0709 e. The van der Waals surface area contributed by atoms with Gasteiger partial charge in [0.2, 0.25) is 0 Å². The molecule has 0 atom stereocenters. The topological polar surface area (TPSA) is 12.9 Å². The van der Waals surface area contributed by atoms with Crippen molar-refractivity contribution in [3.63, 3.8) is 0 Å². The Morgan fingerprint density at radius 3 is 1.33 bits per heavy atom. The molecular formula is C65H41N. The third kappa shape index (κ3) is 6.20. The van der Waals surface area contributed by atoms with E-state index in [0.29, 0.717) is 0 Å². The summed E-state index contributed by atoms with van der Waals surface area (Å²) in [6.45, 7) is 4.84. The van der Waals surface area contributed by atoms with E-state index in [0.717, 1.165) is 55.6 Å². The lowest BCUT2D eigenvalue weighted by molar-refractivity contribution is 1.40. The second-order valence-electron chi connectivity index (χ2n) is 17.5. The quantitative estimate of drug-likeness (QED) is 0.120. The molecule has 0 aliphatic rings. The van der Waals surface area contributed by atoms with E-state index in [2.05, 4.69) is 231 Å². The maximum absolute atomic E-state index is 5.01. The summed E-state index contributed by atoms with van der Waals surface area (Å²) >= 11 is 0. The first-order chi connectivity index (χ1) is 32.6. The Bertz CT molecular complexity index is 4100. The van der Waals surface area contributed by atoms with Crippen LogP contribution in [0.25, 0.3) is 120 Å². The number of nitrogens with zero attached hydrogens (tertiary/aromatic N) is 1. The normalized spacial score (nSPS) is 12.1. The first-order valence-electron chi connectivity index (χ1n) is 22.7. The molecule has 12 aromatic carbocycles. The van der Waals surface area contributed by atoms with Gasteiger partial charge in [0, 0.05) is 10.9 Å². The van der Waals surface area contributed by atoms with Crippen LogP contribution >= 0.6 is 0 Å². The summed E-state index contributed by atoms with van der Waals surface area (Å²) in [4.78, 5) is 5.01. The van der Waals surface area contributed by atoms with E-state index in [1.165, 1.54) is 81.0 Å². The SMILES string of the molecule is C=C(/C=C(\c1cc(-c2ccc(-c3ccc4ccccc4n3)cc2)c2ccccc2c1)c1ccc2c3ccccc3c3ccccc3c2c1)c1ccc2c3ccccc3c3ccccc3c2c1. The van der Waals surface area contributed by atoms with E-state index < -0.39 is 0 Å². The van der Waals surface area contributed by atoms with E-state index in [1.54, 1.807) is 0 Å². The van der Waals surface area contributed by atoms with Gasteiger partial charge < -0.3 is 0 Å². The van der Waals surface area contributed by atoms with Crippen molar-refractivity contribution in [2.75, 3.05) is 0 Å². The van der Waals surface area contributed by atoms with Gasteiger partial charge in [-0.05, 0) is 157 Å². The number of hydrogen-bond acceptors (Lipinski definition) is 1. The summed E-state index contributed by atoms with van der Waals surface area (Å²) in [7, 11) is 0. The minimum absolute atomic E-state index is 0.953. The van der Waals surface area contributed by atoms with E-state index in [4.69, 9.17) is 11.6 Å². The molecule has 0 saturated carbocycles. The number of allylic oxidation sites excluding steroid dienone is 2. The molecule has 0 amide bonds. The monoisotopic (exact) mass is 835 g/mol. The zero-order valence-corrected chi connectivity index (χ0v) is 36.2. The highest BCUT2D eigenvalue weighted by molar-refractivity contribution is 6.27. The predicted molar refractivity (Wildman–Crippen MR) is 284 cm³/mol. The van der Waals surface area contributed by atoms with Gasteiger partial charge in [-0.2, -0.15) is 0 Å². The van der Waals surface area contributed by atoms with Crippen LogP contribution in [0.2, 0.25) is 0 Å². The Kier molecular flexibility index (Phi) is 8.76. The first-order valence-corrected chi connectivity index (χ1v) is 22.7. The number of fused-ring (bicyclic) bond motifs is 14. The van der Waals surface area contributed by atoms with Crippen molar-refractivity contribution in [2.45, 2.75) is 0 Å². The van der Waals surface area contributed by atoms with Crippen LogP contribution in [-0.2, 0) is 0 Å². The van der Waals surface area contributed by atoms with Crippen LogP contribution in [0.3, 0.4) is 0 Å². The molecule has 13 aromatic rings.